The molecule has 3 heterocycles. The van der Waals surface area contributed by atoms with E-state index in [0.29, 0.717) is 37.1 Å². The van der Waals surface area contributed by atoms with E-state index in [1.165, 1.54) is 6.42 Å². The molecule has 1 aromatic rings. The number of nitrogens with zero attached hydrogens (tertiary/aromatic N) is 2. The number of hydrogen-bond acceptors (Lipinski definition) is 4. The second-order valence-electron chi connectivity index (χ2n) is 7.12. The van der Waals surface area contributed by atoms with Gasteiger partial charge in [-0.3, -0.25) is 14.6 Å². The smallest absolute Gasteiger partial charge is 0.252 e. The highest BCUT2D eigenvalue weighted by Crippen LogP contribution is 2.36. The number of hydrogen-bond donors (Lipinski definition) is 1. The summed E-state index contributed by atoms with van der Waals surface area (Å²) in [7, 11) is 0. The van der Waals surface area contributed by atoms with E-state index in [4.69, 9.17) is 4.74 Å². The number of carbonyl (C=O) groups excluding carboxylic acids is 2. The topological polar surface area (TPSA) is 71.5 Å². The number of nitrogens with one attached hydrogen (secondary N) is 1. The van der Waals surface area contributed by atoms with Crippen LogP contribution in [0.4, 0.5) is 0 Å². The minimum absolute atomic E-state index is 0.105. The van der Waals surface area contributed by atoms with Crippen LogP contribution in [0.1, 0.15) is 29.6 Å². The fourth-order valence-electron chi connectivity index (χ4n) is 3.93. The lowest BCUT2D eigenvalue weighted by atomic mass is 9.84. The van der Waals surface area contributed by atoms with Gasteiger partial charge in [0, 0.05) is 49.8 Å². The van der Waals surface area contributed by atoms with Crippen molar-refractivity contribution < 1.29 is 14.3 Å². The number of pyridine rings is 1. The van der Waals surface area contributed by atoms with Crippen molar-refractivity contribution >= 4 is 11.8 Å². The zero-order chi connectivity index (χ0) is 16.5. The van der Waals surface area contributed by atoms with Gasteiger partial charge in [0.15, 0.2) is 0 Å². The Hall–Kier alpha value is -1.95. The Balaban J connectivity index is 1.31. The van der Waals surface area contributed by atoms with E-state index in [2.05, 4.69) is 10.3 Å². The molecule has 4 rings (SSSR count). The van der Waals surface area contributed by atoms with E-state index in [-0.39, 0.29) is 23.8 Å². The summed E-state index contributed by atoms with van der Waals surface area (Å²) in [5.41, 5.74) is 0.571. The quantitative estimate of drug-likeness (QED) is 0.897. The van der Waals surface area contributed by atoms with Crippen LogP contribution in [0.5, 0.6) is 0 Å². The lowest BCUT2D eigenvalue weighted by molar-refractivity contribution is -0.137. The van der Waals surface area contributed by atoms with Crippen LogP contribution >= 0.6 is 0 Å². The van der Waals surface area contributed by atoms with Crippen molar-refractivity contribution in [3.05, 3.63) is 30.1 Å². The summed E-state index contributed by atoms with van der Waals surface area (Å²) in [6.45, 7) is 2.73. The highest BCUT2D eigenvalue weighted by atomic mass is 16.5. The molecule has 24 heavy (non-hydrogen) atoms. The number of amides is 2. The largest absolute Gasteiger partial charge is 0.376 e. The van der Waals surface area contributed by atoms with E-state index >= 15 is 0 Å². The molecule has 0 radical (unpaired) electrons. The third-order valence-corrected chi connectivity index (χ3v) is 5.65. The van der Waals surface area contributed by atoms with Gasteiger partial charge in [-0.15, -0.1) is 0 Å². The number of likely N-dealkylation sites (tertiary alicyclic amines) is 1. The highest BCUT2D eigenvalue weighted by Gasteiger charge is 2.46. The molecule has 1 N–H and O–H groups in total. The highest BCUT2D eigenvalue weighted by molar-refractivity contribution is 5.93. The van der Waals surface area contributed by atoms with Crippen molar-refractivity contribution in [2.75, 3.05) is 26.2 Å². The van der Waals surface area contributed by atoms with Gasteiger partial charge < -0.3 is 15.0 Å². The van der Waals surface area contributed by atoms with Gasteiger partial charge in [-0.25, -0.2) is 0 Å². The van der Waals surface area contributed by atoms with Crippen molar-refractivity contribution in [1.82, 2.24) is 15.2 Å². The number of fused-ring (bicyclic) bond motifs is 1. The van der Waals surface area contributed by atoms with Crippen molar-refractivity contribution in [2.45, 2.75) is 25.4 Å². The van der Waals surface area contributed by atoms with Gasteiger partial charge in [-0.1, -0.05) is 6.42 Å². The molecule has 6 heteroatoms. The predicted molar refractivity (Wildman–Crippen MR) is 87.2 cm³/mol. The van der Waals surface area contributed by atoms with Crippen LogP contribution in [-0.2, 0) is 9.53 Å². The first-order valence-corrected chi connectivity index (χ1v) is 8.81. The van der Waals surface area contributed by atoms with Crippen molar-refractivity contribution in [1.29, 1.82) is 0 Å². The van der Waals surface area contributed by atoms with Gasteiger partial charge in [-0.05, 0) is 25.0 Å². The standard InChI is InChI=1S/C18H23N3O3/c22-17(13-5-2-6-19-7-13)20-8-14-11-24-16-10-21(9-15(14)16)18(23)12-3-1-4-12/h2,5-7,12,14-16H,1,3-4,8-11H2,(H,20,22)/t14-,15+,16+/m0/s1. The zero-order valence-electron chi connectivity index (χ0n) is 13.7. The van der Waals surface area contributed by atoms with Gasteiger partial charge in [0.1, 0.15) is 0 Å². The fraction of sp³-hybridized carbons (Fsp3) is 0.611. The van der Waals surface area contributed by atoms with Crippen LogP contribution < -0.4 is 5.32 Å². The predicted octanol–water partition coefficient (Wildman–Crippen LogP) is 1.08. The SMILES string of the molecule is O=C(NC[C@H]1CO[C@@H]2CN(C(=O)C3CCC3)C[C@H]12)c1cccnc1. The molecular weight excluding hydrogens is 306 g/mol. The van der Waals surface area contributed by atoms with Crippen LogP contribution in [0, 0.1) is 17.8 Å². The van der Waals surface area contributed by atoms with Gasteiger partial charge >= 0.3 is 0 Å². The number of ether oxygens (including phenoxy) is 1. The molecule has 1 saturated carbocycles. The lowest BCUT2D eigenvalue weighted by Crippen LogP contribution is -2.39. The van der Waals surface area contributed by atoms with Gasteiger partial charge in [0.25, 0.3) is 5.91 Å². The molecule has 3 aliphatic rings. The molecule has 0 bridgehead atoms. The van der Waals surface area contributed by atoms with Crippen molar-refractivity contribution in [3.8, 4) is 0 Å². The molecule has 3 atom stereocenters. The summed E-state index contributed by atoms with van der Waals surface area (Å²) in [5.74, 6) is 1.05. The molecule has 1 aromatic heterocycles. The molecular formula is C18H23N3O3. The first-order chi connectivity index (χ1) is 11.7. The molecule has 0 unspecified atom stereocenters. The third kappa shape index (κ3) is 2.90. The Kier molecular flexibility index (Phi) is 4.22. The first-order valence-electron chi connectivity index (χ1n) is 8.81. The maximum absolute atomic E-state index is 12.4. The van der Waals surface area contributed by atoms with Crippen LogP contribution in [-0.4, -0.2) is 54.0 Å². The zero-order valence-corrected chi connectivity index (χ0v) is 13.7. The molecule has 6 nitrogen and oxygen atoms in total. The van der Waals surface area contributed by atoms with E-state index < -0.39 is 0 Å². The van der Waals surface area contributed by atoms with Gasteiger partial charge in [0.05, 0.1) is 18.3 Å². The van der Waals surface area contributed by atoms with Crippen molar-refractivity contribution in [2.24, 2.45) is 17.8 Å². The van der Waals surface area contributed by atoms with E-state index in [0.717, 1.165) is 19.4 Å². The average Bonchev–Trinajstić information content (AvgIpc) is 3.12. The van der Waals surface area contributed by atoms with E-state index in [1.54, 1.807) is 24.5 Å². The van der Waals surface area contributed by atoms with Crippen LogP contribution in [0.2, 0.25) is 0 Å². The maximum atomic E-state index is 12.4. The molecule has 0 aromatic carbocycles. The summed E-state index contributed by atoms with van der Waals surface area (Å²) in [5, 5.41) is 2.98. The molecule has 3 fully saturated rings. The second kappa shape index (κ2) is 6.51. The van der Waals surface area contributed by atoms with Crippen molar-refractivity contribution in [3.63, 3.8) is 0 Å². The monoisotopic (exact) mass is 329 g/mol. The van der Waals surface area contributed by atoms with Crippen LogP contribution in [0.25, 0.3) is 0 Å². The van der Waals surface area contributed by atoms with E-state index in [9.17, 15) is 9.59 Å². The Morgan fingerprint density at radius 3 is 2.92 bits per heavy atom. The minimum atomic E-state index is -0.105. The summed E-state index contributed by atoms with van der Waals surface area (Å²) in [4.78, 5) is 30.5. The lowest BCUT2D eigenvalue weighted by Gasteiger charge is -2.29. The molecule has 2 saturated heterocycles. The molecule has 2 aliphatic heterocycles. The Morgan fingerprint density at radius 2 is 2.21 bits per heavy atom. The van der Waals surface area contributed by atoms with E-state index in [1.807, 2.05) is 4.90 Å². The number of carbonyl (C=O) groups is 2. The summed E-state index contributed by atoms with van der Waals surface area (Å²) < 4.78 is 5.88. The fourth-order valence-corrected chi connectivity index (χ4v) is 3.93. The Bertz CT molecular complexity index is 617. The van der Waals surface area contributed by atoms with Crippen LogP contribution in [0.15, 0.2) is 24.5 Å². The molecule has 128 valence electrons. The van der Waals surface area contributed by atoms with Crippen LogP contribution in [0.3, 0.4) is 0 Å². The molecule has 2 amide bonds. The average molecular weight is 329 g/mol. The summed E-state index contributed by atoms with van der Waals surface area (Å²) >= 11 is 0. The summed E-state index contributed by atoms with van der Waals surface area (Å²) in [6.07, 6.45) is 6.60. The Labute approximate surface area is 141 Å². The van der Waals surface area contributed by atoms with Gasteiger partial charge in [-0.2, -0.15) is 0 Å². The summed E-state index contributed by atoms with van der Waals surface area (Å²) in [6, 6.07) is 3.51. The normalized spacial score (nSPS) is 29.2. The molecule has 1 aliphatic carbocycles. The first kappa shape index (κ1) is 15.6. The minimum Gasteiger partial charge on any atom is -0.376 e. The molecule has 0 spiro atoms. The van der Waals surface area contributed by atoms with Gasteiger partial charge in [0.2, 0.25) is 5.91 Å². The Morgan fingerprint density at radius 1 is 1.33 bits per heavy atom. The number of rotatable bonds is 4. The maximum Gasteiger partial charge on any atom is 0.252 e. The second-order valence-corrected chi connectivity index (χ2v) is 7.12. The number of aromatic nitrogens is 1. The third-order valence-electron chi connectivity index (χ3n) is 5.65.